The second kappa shape index (κ2) is 5.02. The molecule has 2 atom stereocenters. The van der Waals surface area contributed by atoms with Gasteiger partial charge in [0.1, 0.15) is 0 Å². The first-order valence-electron chi connectivity index (χ1n) is 6.28. The molecule has 0 spiro atoms. The van der Waals surface area contributed by atoms with E-state index in [4.69, 9.17) is 0 Å². The molecule has 0 radical (unpaired) electrons. The quantitative estimate of drug-likeness (QED) is 0.775. The summed E-state index contributed by atoms with van der Waals surface area (Å²) in [7, 11) is -2.74. The zero-order valence-electron chi connectivity index (χ0n) is 9.98. The number of likely N-dealkylation sites (tertiary alicyclic amines) is 1. The molecule has 5 heteroatoms. The molecule has 94 valence electrons. The number of likely N-dealkylation sites (N-methyl/N-ethyl adjacent to an activating group) is 1. The van der Waals surface area contributed by atoms with Crippen LogP contribution in [0.4, 0.5) is 0 Å². The minimum absolute atomic E-state index is 0.284. The molecule has 1 N–H and O–H groups in total. The van der Waals surface area contributed by atoms with E-state index in [0.717, 1.165) is 26.1 Å². The number of rotatable bonds is 3. The van der Waals surface area contributed by atoms with Gasteiger partial charge in [-0.1, -0.05) is 6.92 Å². The number of piperidine rings is 1. The van der Waals surface area contributed by atoms with Crippen molar-refractivity contribution < 1.29 is 8.42 Å². The second-order valence-corrected chi connectivity index (χ2v) is 7.18. The van der Waals surface area contributed by atoms with Crippen LogP contribution in [0.25, 0.3) is 0 Å². The lowest BCUT2D eigenvalue weighted by Gasteiger charge is -2.36. The molecule has 0 aromatic carbocycles. The molecular weight excluding hydrogens is 224 g/mol. The van der Waals surface area contributed by atoms with E-state index in [1.54, 1.807) is 0 Å². The molecule has 2 rings (SSSR count). The Morgan fingerprint density at radius 2 is 2.19 bits per heavy atom. The lowest BCUT2D eigenvalue weighted by Crippen LogP contribution is -2.49. The van der Waals surface area contributed by atoms with Crippen molar-refractivity contribution in [3.63, 3.8) is 0 Å². The number of hydrogen-bond acceptors (Lipinski definition) is 4. The molecule has 0 aromatic heterocycles. The first kappa shape index (κ1) is 12.3. The summed E-state index contributed by atoms with van der Waals surface area (Å²) in [6.07, 6.45) is 3.25. The second-order valence-electron chi connectivity index (χ2n) is 4.95. The largest absolute Gasteiger partial charge is 0.313 e. The van der Waals surface area contributed by atoms with Gasteiger partial charge in [-0.05, 0) is 32.4 Å². The Balaban J connectivity index is 1.90. The third-order valence-corrected chi connectivity index (χ3v) is 5.42. The van der Waals surface area contributed by atoms with Crippen molar-refractivity contribution in [3.8, 4) is 0 Å². The van der Waals surface area contributed by atoms with Crippen LogP contribution >= 0.6 is 0 Å². The Bertz CT molecular complexity index is 327. The van der Waals surface area contributed by atoms with Gasteiger partial charge >= 0.3 is 0 Å². The zero-order valence-corrected chi connectivity index (χ0v) is 10.8. The first-order chi connectivity index (χ1) is 7.61. The highest BCUT2D eigenvalue weighted by Gasteiger charge is 2.34. The smallest absolute Gasteiger partial charge is 0.151 e. The highest BCUT2D eigenvalue weighted by Crippen LogP contribution is 2.21. The Kier molecular flexibility index (Phi) is 3.87. The topological polar surface area (TPSA) is 49.4 Å². The van der Waals surface area contributed by atoms with E-state index in [0.29, 0.717) is 17.5 Å². The van der Waals surface area contributed by atoms with Crippen LogP contribution in [0.15, 0.2) is 0 Å². The molecule has 2 fully saturated rings. The van der Waals surface area contributed by atoms with Crippen LogP contribution in [-0.4, -0.2) is 56.5 Å². The first-order valence-corrected chi connectivity index (χ1v) is 8.11. The fraction of sp³-hybridized carbons (Fsp3) is 1.00. The van der Waals surface area contributed by atoms with Crippen LogP contribution in [0.1, 0.15) is 26.2 Å². The van der Waals surface area contributed by atoms with E-state index in [1.165, 1.54) is 12.8 Å². The van der Waals surface area contributed by atoms with E-state index >= 15 is 0 Å². The van der Waals surface area contributed by atoms with Crippen molar-refractivity contribution in [2.75, 3.05) is 31.1 Å². The highest BCUT2D eigenvalue weighted by molar-refractivity contribution is 7.91. The van der Waals surface area contributed by atoms with Crippen molar-refractivity contribution >= 4 is 9.84 Å². The average molecular weight is 246 g/mol. The van der Waals surface area contributed by atoms with Gasteiger partial charge in [-0.15, -0.1) is 0 Å². The molecule has 0 aromatic rings. The monoisotopic (exact) mass is 246 g/mol. The van der Waals surface area contributed by atoms with Crippen molar-refractivity contribution in [3.05, 3.63) is 0 Å². The van der Waals surface area contributed by atoms with Gasteiger partial charge in [-0.25, -0.2) is 8.42 Å². The van der Waals surface area contributed by atoms with Gasteiger partial charge in [0.2, 0.25) is 0 Å². The molecule has 0 amide bonds. The lowest BCUT2D eigenvalue weighted by atomic mass is 10.0. The summed E-state index contributed by atoms with van der Waals surface area (Å²) in [6, 6.07) is 0.841. The van der Waals surface area contributed by atoms with Gasteiger partial charge in [0.25, 0.3) is 0 Å². The average Bonchev–Trinajstić information content (AvgIpc) is 2.60. The molecule has 0 bridgehead atoms. The minimum atomic E-state index is -2.74. The molecule has 2 aliphatic heterocycles. The fourth-order valence-electron chi connectivity index (χ4n) is 2.86. The zero-order chi connectivity index (χ0) is 11.6. The highest BCUT2D eigenvalue weighted by atomic mass is 32.2. The van der Waals surface area contributed by atoms with E-state index in [2.05, 4.69) is 17.1 Å². The molecule has 2 heterocycles. The summed E-state index contributed by atoms with van der Waals surface area (Å²) in [5, 5.41) is 3.47. The van der Waals surface area contributed by atoms with Gasteiger partial charge in [-0.2, -0.15) is 0 Å². The van der Waals surface area contributed by atoms with E-state index < -0.39 is 9.84 Å². The van der Waals surface area contributed by atoms with Crippen LogP contribution in [0.3, 0.4) is 0 Å². The molecule has 4 nitrogen and oxygen atoms in total. The Labute approximate surface area is 98.3 Å². The van der Waals surface area contributed by atoms with Crippen LogP contribution < -0.4 is 5.32 Å². The van der Waals surface area contributed by atoms with Crippen molar-refractivity contribution in [2.24, 2.45) is 0 Å². The van der Waals surface area contributed by atoms with E-state index in [-0.39, 0.29) is 6.04 Å². The maximum absolute atomic E-state index is 11.4. The molecule has 2 saturated heterocycles. The molecular formula is C11H22N2O2S. The summed E-state index contributed by atoms with van der Waals surface area (Å²) in [5.41, 5.74) is 0. The maximum Gasteiger partial charge on any atom is 0.151 e. The Hall–Kier alpha value is -0.130. The Morgan fingerprint density at radius 3 is 2.81 bits per heavy atom. The summed E-state index contributed by atoms with van der Waals surface area (Å²) >= 11 is 0. The SMILES string of the molecule is CCNC1CCCN(C2CCS(=O)(=O)C2)C1. The van der Waals surface area contributed by atoms with Gasteiger partial charge in [-0.3, -0.25) is 4.90 Å². The summed E-state index contributed by atoms with van der Waals surface area (Å²) in [5.74, 6) is 0.770. The third-order valence-electron chi connectivity index (χ3n) is 3.67. The number of nitrogens with one attached hydrogen (secondary N) is 1. The minimum Gasteiger partial charge on any atom is -0.313 e. The predicted molar refractivity (Wildman–Crippen MR) is 65.3 cm³/mol. The van der Waals surface area contributed by atoms with Crippen LogP contribution in [0.2, 0.25) is 0 Å². The molecule has 2 unspecified atom stereocenters. The lowest BCUT2D eigenvalue weighted by molar-refractivity contribution is 0.149. The van der Waals surface area contributed by atoms with Crippen LogP contribution in [0, 0.1) is 0 Å². The molecule has 2 aliphatic rings. The number of nitrogens with zero attached hydrogens (tertiary/aromatic N) is 1. The van der Waals surface area contributed by atoms with Crippen molar-refractivity contribution in [1.29, 1.82) is 0 Å². The summed E-state index contributed by atoms with van der Waals surface area (Å²) in [6.45, 7) is 5.22. The van der Waals surface area contributed by atoms with Gasteiger partial charge in [0.15, 0.2) is 9.84 Å². The van der Waals surface area contributed by atoms with Gasteiger partial charge in [0.05, 0.1) is 11.5 Å². The van der Waals surface area contributed by atoms with Gasteiger partial charge in [0, 0.05) is 18.6 Å². The summed E-state index contributed by atoms with van der Waals surface area (Å²) in [4.78, 5) is 2.38. The number of hydrogen-bond donors (Lipinski definition) is 1. The van der Waals surface area contributed by atoms with Crippen LogP contribution in [0.5, 0.6) is 0 Å². The fourth-order valence-corrected chi connectivity index (χ4v) is 4.62. The molecule has 0 saturated carbocycles. The molecule has 0 aliphatic carbocycles. The standard InChI is InChI=1S/C11H22N2O2S/c1-2-12-10-4-3-6-13(8-10)11-5-7-16(14,15)9-11/h10-12H,2-9H2,1H3. The van der Waals surface area contributed by atoms with Crippen molar-refractivity contribution in [1.82, 2.24) is 10.2 Å². The van der Waals surface area contributed by atoms with E-state index in [1.807, 2.05) is 0 Å². The van der Waals surface area contributed by atoms with Crippen LogP contribution in [-0.2, 0) is 9.84 Å². The third kappa shape index (κ3) is 2.96. The number of sulfone groups is 1. The normalized spacial score (nSPS) is 35.3. The van der Waals surface area contributed by atoms with Gasteiger partial charge < -0.3 is 5.32 Å². The molecule has 16 heavy (non-hydrogen) atoms. The maximum atomic E-state index is 11.4. The summed E-state index contributed by atoms with van der Waals surface area (Å²) < 4.78 is 22.9. The van der Waals surface area contributed by atoms with Crippen molar-refractivity contribution in [2.45, 2.75) is 38.3 Å². The predicted octanol–water partition coefficient (Wildman–Crippen LogP) is 0.247. The van der Waals surface area contributed by atoms with E-state index in [9.17, 15) is 8.42 Å². The Morgan fingerprint density at radius 1 is 1.38 bits per heavy atom.